The monoisotopic (exact) mass is 394 g/mol. The topological polar surface area (TPSA) is 63.2 Å². The van der Waals surface area contributed by atoms with Crippen LogP contribution in [-0.2, 0) is 9.47 Å². The molecule has 2 rings (SSSR count). The molecule has 6 nitrogen and oxygen atoms in total. The molecule has 150 valence electrons. The summed E-state index contributed by atoms with van der Waals surface area (Å²) in [4.78, 5) is 12.8. The Balaban J connectivity index is 2.43. The molecule has 0 unspecified atom stereocenters. The van der Waals surface area contributed by atoms with E-state index in [2.05, 4.69) is 0 Å². The van der Waals surface area contributed by atoms with Gasteiger partial charge in [-0.3, -0.25) is 4.79 Å². The Bertz CT molecular complexity index is 801. The molecule has 0 spiro atoms. The molecule has 2 aromatic rings. The second-order valence-corrected chi connectivity index (χ2v) is 5.50. The second kappa shape index (κ2) is 10.4. The highest BCUT2D eigenvalue weighted by Gasteiger charge is 2.20. The summed E-state index contributed by atoms with van der Waals surface area (Å²) in [6.07, 6.45) is 2.45. The lowest BCUT2D eigenvalue weighted by Crippen LogP contribution is -2.09. The molecule has 0 aromatic heterocycles. The number of ketones is 1. The Morgan fingerprint density at radius 2 is 1.43 bits per heavy atom. The van der Waals surface area contributed by atoms with E-state index in [0.717, 1.165) is 24.3 Å². The number of ether oxygens (including phenoxy) is 5. The van der Waals surface area contributed by atoms with E-state index in [1.54, 1.807) is 0 Å². The highest BCUT2D eigenvalue weighted by molar-refractivity contribution is 6.10. The first kappa shape index (κ1) is 21.3. The Morgan fingerprint density at radius 1 is 0.893 bits per heavy atom. The summed E-state index contributed by atoms with van der Waals surface area (Å²) in [7, 11) is 4.32. The molecule has 0 fully saturated rings. The van der Waals surface area contributed by atoms with Gasteiger partial charge in [-0.25, -0.2) is 8.78 Å². The van der Waals surface area contributed by atoms with Gasteiger partial charge in [0.15, 0.2) is 19.4 Å². The van der Waals surface area contributed by atoms with Crippen LogP contribution < -0.4 is 14.2 Å². The Morgan fingerprint density at radius 3 is 1.89 bits per heavy atom. The number of allylic oxidation sites excluding steroid dienone is 1. The van der Waals surface area contributed by atoms with Crippen LogP contribution in [0.25, 0.3) is 6.08 Å². The van der Waals surface area contributed by atoms with E-state index < -0.39 is 17.4 Å². The lowest BCUT2D eigenvalue weighted by atomic mass is 10.1. The van der Waals surface area contributed by atoms with Crippen molar-refractivity contribution >= 4 is 11.9 Å². The first-order chi connectivity index (χ1) is 13.5. The van der Waals surface area contributed by atoms with Crippen molar-refractivity contribution in [1.29, 1.82) is 0 Å². The number of benzene rings is 2. The van der Waals surface area contributed by atoms with Crippen molar-refractivity contribution in [2.75, 3.05) is 34.9 Å². The SMILES string of the molecule is COCOc1cc(OC)cc(OCOC)c1C(=O)/C=C/c1cc(F)cc(F)c1. The van der Waals surface area contributed by atoms with Crippen molar-refractivity contribution in [2.45, 2.75) is 0 Å². The summed E-state index contributed by atoms with van der Waals surface area (Å²) in [5.41, 5.74) is 0.279. The third-order valence-corrected chi connectivity index (χ3v) is 3.50. The molecule has 0 aliphatic heterocycles. The van der Waals surface area contributed by atoms with Gasteiger partial charge < -0.3 is 23.7 Å². The van der Waals surface area contributed by atoms with E-state index in [4.69, 9.17) is 23.7 Å². The summed E-state index contributed by atoms with van der Waals surface area (Å²) in [5.74, 6) is -1.29. The number of hydrogen-bond donors (Lipinski definition) is 0. The molecule has 0 atom stereocenters. The van der Waals surface area contributed by atoms with E-state index in [9.17, 15) is 13.6 Å². The van der Waals surface area contributed by atoms with Crippen LogP contribution in [0.4, 0.5) is 8.78 Å². The van der Waals surface area contributed by atoms with Gasteiger partial charge in [-0.05, 0) is 23.8 Å². The lowest BCUT2D eigenvalue weighted by Gasteiger charge is -2.15. The van der Waals surface area contributed by atoms with Gasteiger partial charge in [0.25, 0.3) is 0 Å². The minimum absolute atomic E-state index is 0.0861. The molecule has 0 heterocycles. The number of carbonyl (C=O) groups excluding carboxylic acids is 1. The van der Waals surface area contributed by atoms with Crippen LogP contribution in [0.15, 0.2) is 36.4 Å². The van der Waals surface area contributed by atoms with Crippen LogP contribution >= 0.6 is 0 Å². The lowest BCUT2D eigenvalue weighted by molar-refractivity contribution is 0.0444. The molecule has 0 N–H and O–H groups in total. The van der Waals surface area contributed by atoms with Gasteiger partial charge in [-0.15, -0.1) is 0 Å². The van der Waals surface area contributed by atoms with E-state index >= 15 is 0 Å². The zero-order chi connectivity index (χ0) is 20.5. The van der Waals surface area contributed by atoms with Gasteiger partial charge >= 0.3 is 0 Å². The van der Waals surface area contributed by atoms with Gasteiger partial charge in [-0.1, -0.05) is 6.08 Å². The quantitative estimate of drug-likeness (QED) is 0.347. The van der Waals surface area contributed by atoms with Gasteiger partial charge in [-0.2, -0.15) is 0 Å². The van der Waals surface area contributed by atoms with Crippen LogP contribution in [0.5, 0.6) is 17.2 Å². The standard InChI is InChI=1S/C20H20F2O6/c1-24-11-27-18-9-16(26-3)10-19(28-12-25-2)20(18)17(23)5-4-13-6-14(21)8-15(22)7-13/h4-10H,11-12H2,1-3H3/b5-4+. The van der Waals surface area contributed by atoms with Crippen molar-refractivity contribution in [3.05, 3.63) is 59.2 Å². The highest BCUT2D eigenvalue weighted by atomic mass is 19.1. The number of hydrogen-bond acceptors (Lipinski definition) is 6. The number of rotatable bonds is 10. The second-order valence-electron chi connectivity index (χ2n) is 5.50. The molecular weight excluding hydrogens is 374 g/mol. The van der Waals surface area contributed by atoms with Crippen molar-refractivity contribution in [3.63, 3.8) is 0 Å². The molecule has 28 heavy (non-hydrogen) atoms. The fourth-order valence-corrected chi connectivity index (χ4v) is 2.33. The Hall–Kier alpha value is -2.97. The minimum atomic E-state index is -0.746. The van der Waals surface area contributed by atoms with E-state index in [-0.39, 0.29) is 36.2 Å². The number of carbonyl (C=O) groups is 1. The fraction of sp³-hybridized carbons (Fsp3) is 0.250. The summed E-state index contributed by atoms with van der Waals surface area (Å²) < 4.78 is 52.5. The maximum Gasteiger partial charge on any atom is 0.193 e. The van der Waals surface area contributed by atoms with Gasteiger partial charge in [0.1, 0.15) is 34.4 Å². The average Bonchev–Trinajstić information content (AvgIpc) is 2.67. The van der Waals surface area contributed by atoms with E-state index in [1.807, 2.05) is 0 Å². The Kier molecular flexibility index (Phi) is 7.91. The maximum atomic E-state index is 13.3. The molecule has 2 aromatic carbocycles. The first-order valence-corrected chi connectivity index (χ1v) is 8.12. The summed E-state index contributed by atoms with van der Waals surface area (Å²) >= 11 is 0. The van der Waals surface area contributed by atoms with Crippen LogP contribution in [0, 0.1) is 11.6 Å². The molecule has 0 saturated carbocycles. The smallest absolute Gasteiger partial charge is 0.193 e. The van der Waals surface area contributed by atoms with E-state index in [1.165, 1.54) is 39.5 Å². The number of methoxy groups -OCH3 is 3. The van der Waals surface area contributed by atoms with Crippen LogP contribution in [0.3, 0.4) is 0 Å². The molecular formula is C20H20F2O6. The Labute approximate surface area is 161 Å². The summed E-state index contributed by atoms with van der Waals surface area (Å²) in [5, 5.41) is 0. The van der Waals surface area contributed by atoms with Crippen molar-refractivity contribution in [3.8, 4) is 17.2 Å². The predicted octanol–water partition coefficient (Wildman–Crippen LogP) is 3.83. The highest BCUT2D eigenvalue weighted by Crippen LogP contribution is 2.35. The van der Waals surface area contributed by atoms with Crippen molar-refractivity contribution in [1.82, 2.24) is 0 Å². The zero-order valence-corrected chi connectivity index (χ0v) is 15.7. The molecule has 0 amide bonds. The maximum absolute atomic E-state index is 13.3. The fourth-order valence-electron chi connectivity index (χ4n) is 2.33. The third-order valence-electron chi connectivity index (χ3n) is 3.50. The normalized spacial score (nSPS) is 10.9. The van der Waals surface area contributed by atoms with Crippen molar-refractivity contribution < 1.29 is 37.3 Å². The first-order valence-electron chi connectivity index (χ1n) is 8.12. The molecule has 0 saturated heterocycles. The average molecular weight is 394 g/mol. The molecule has 0 radical (unpaired) electrons. The van der Waals surface area contributed by atoms with Gasteiger partial charge in [0, 0.05) is 32.4 Å². The predicted molar refractivity (Wildman–Crippen MR) is 97.7 cm³/mol. The molecule has 0 aliphatic rings. The van der Waals surface area contributed by atoms with Crippen molar-refractivity contribution in [2.24, 2.45) is 0 Å². The summed E-state index contributed by atoms with van der Waals surface area (Å²) in [6, 6.07) is 5.95. The zero-order valence-electron chi connectivity index (χ0n) is 15.7. The number of halogens is 2. The van der Waals surface area contributed by atoms with E-state index in [0.29, 0.717) is 5.75 Å². The van der Waals surface area contributed by atoms with Crippen LogP contribution in [0.1, 0.15) is 15.9 Å². The largest absolute Gasteiger partial charge is 0.496 e. The van der Waals surface area contributed by atoms with Gasteiger partial charge in [0.2, 0.25) is 0 Å². The molecule has 0 aliphatic carbocycles. The molecule has 0 bridgehead atoms. The molecule has 8 heteroatoms. The minimum Gasteiger partial charge on any atom is -0.496 e. The van der Waals surface area contributed by atoms with Crippen LogP contribution in [0.2, 0.25) is 0 Å². The third kappa shape index (κ3) is 5.77. The summed E-state index contributed by atoms with van der Waals surface area (Å²) in [6.45, 7) is -0.230. The van der Waals surface area contributed by atoms with Gasteiger partial charge in [0.05, 0.1) is 7.11 Å². The van der Waals surface area contributed by atoms with Crippen LogP contribution in [-0.4, -0.2) is 40.7 Å².